The van der Waals surface area contributed by atoms with Crippen LogP contribution in [-0.4, -0.2) is 38.9 Å². The first-order chi connectivity index (χ1) is 17.0. The Kier molecular flexibility index (Phi) is 9.24. The molecule has 0 aliphatic carbocycles. The molecule has 1 amide bonds. The second kappa shape index (κ2) is 12.8. The lowest BCUT2D eigenvalue weighted by Crippen LogP contribution is -2.17. The SMILES string of the molecule is CCOc1cc(/C=N\NC(=O)CCc2ccccc2)ccc1OC(=O)c1ccc(OC)c(OC)c1. The standard InChI is InChI=1S/C27H28N2O6/c1-4-34-25-16-20(18-28-29-26(30)15-11-19-8-6-5-7-9-19)10-13-23(25)35-27(31)21-12-14-22(32-2)24(17-21)33-3/h5-10,12-14,16-18H,4,11,15H2,1-3H3,(H,29,30)/b28-18-. The van der Waals surface area contributed by atoms with Gasteiger partial charge in [0, 0.05) is 6.42 Å². The molecule has 3 aromatic rings. The van der Waals surface area contributed by atoms with Crippen molar-refractivity contribution in [2.45, 2.75) is 19.8 Å². The Morgan fingerprint density at radius 2 is 1.63 bits per heavy atom. The molecule has 0 heterocycles. The maximum absolute atomic E-state index is 12.7. The predicted molar refractivity (Wildman–Crippen MR) is 133 cm³/mol. The zero-order valence-corrected chi connectivity index (χ0v) is 19.9. The van der Waals surface area contributed by atoms with Crippen LogP contribution < -0.4 is 24.4 Å². The number of nitrogens with one attached hydrogen (secondary N) is 1. The molecule has 0 aliphatic rings. The summed E-state index contributed by atoms with van der Waals surface area (Å²) in [5.74, 6) is 0.810. The molecule has 0 radical (unpaired) electrons. The van der Waals surface area contributed by atoms with Gasteiger partial charge < -0.3 is 18.9 Å². The number of hydrogen-bond donors (Lipinski definition) is 1. The van der Waals surface area contributed by atoms with Crippen LogP contribution in [0, 0.1) is 0 Å². The Hall–Kier alpha value is -4.33. The van der Waals surface area contributed by atoms with Gasteiger partial charge in [0.15, 0.2) is 23.0 Å². The van der Waals surface area contributed by atoms with Crippen molar-refractivity contribution in [1.29, 1.82) is 0 Å². The number of amides is 1. The van der Waals surface area contributed by atoms with E-state index in [9.17, 15) is 9.59 Å². The molecule has 182 valence electrons. The van der Waals surface area contributed by atoms with Gasteiger partial charge in [0.1, 0.15) is 0 Å². The van der Waals surface area contributed by atoms with Crippen LogP contribution in [0.2, 0.25) is 0 Å². The molecule has 1 N–H and O–H groups in total. The van der Waals surface area contributed by atoms with Gasteiger partial charge in [-0.25, -0.2) is 10.2 Å². The molecule has 0 spiro atoms. The number of hydrogen-bond acceptors (Lipinski definition) is 7. The van der Waals surface area contributed by atoms with Gasteiger partial charge in [-0.3, -0.25) is 4.79 Å². The first kappa shape index (κ1) is 25.3. The second-order valence-electron chi connectivity index (χ2n) is 7.38. The highest BCUT2D eigenvalue weighted by Crippen LogP contribution is 2.31. The van der Waals surface area contributed by atoms with Gasteiger partial charge in [0.2, 0.25) is 5.91 Å². The summed E-state index contributed by atoms with van der Waals surface area (Å²) < 4.78 is 21.6. The minimum absolute atomic E-state index is 0.185. The summed E-state index contributed by atoms with van der Waals surface area (Å²) in [5.41, 5.74) is 4.58. The fourth-order valence-corrected chi connectivity index (χ4v) is 3.22. The number of benzene rings is 3. The Labute approximate surface area is 204 Å². The summed E-state index contributed by atoms with van der Waals surface area (Å²) in [6, 6.07) is 19.5. The molecule has 8 nitrogen and oxygen atoms in total. The van der Waals surface area contributed by atoms with Crippen LogP contribution in [-0.2, 0) is 11.2 Å². The molecule has 0 atom stereocenters. The first-order valence-electron chi connectivity index (χ1n) is 11.1. The van der Waals surface area contributed by atoms with Crippen molar-refractivity contribution >= 4 is 18.1 Å². The van der Waals surface area contributed by atoms with Gasteiger partial charge in [0.05, 0.1) is 32.6 Å². The van der Waals surface area contributed by atoms with Gasteiger partial charge in [-0.15, -0.1) is 0 Å². The van der Waals surface area contributed by atoms with E-state index in [1.807, 2.05) is 37.3 Å². The molecular weight excluding hydrogens is 448 g/mol. The summed E-state index contributed by atoms with van der Waals surface area (Å²) in [5, 5.41) is 4.02. The minimum atomic E-state index is -0.570. The Morgan fingerprint density at radius 3 is 2.34 bits per heavy atom. The zero-order chi connectivity index (χ0) is 25.0. The van der Waals surface area contributed by atoms with E-state index >= 15 is 0 Å². The number of esters is 1. The highest BCUT2D eigenvalue weighted by molar-refractivity contribution is 5.92. The molecule has 35 heavy (non-hydrogen) atoms. The summed E-state index contributed by atoms with van der Waals surface area (Å²) in [7, 11) is 3.01. The topological polar surface area (TPSA) is 95.5 Å². The van der Waals surface area contributed by atoms with Crippen molar-refractivity contribution in [3.63, 3.8) is 0 Å². The molecular formula is C27H28N2O6. The summed E-state index contributed by atoms with van der Waals surface area (Å²) in [6.07, 6.45) is 2.47. The average molecular weight is 477 g/mol. The number of aryl methyl sites for hydroxylation is 1. The van der Waals surface area contributed by atoms with E-state index in [4.69, 9.17) is 18.9 Å². The van der Waals surface area contributed by atoms with Gasteiger partial charge in [-0.1, -0.05) is 30.3 Å². The first-order valence-corrected chi connectivity index (χ1v) is 11.1. The van der Waals surface area contributed by atoms with Crippen LogP contribution >= 0.6 is 0 Å². The van der Waals surface area contributed by atoms with Crippen LogP contribution in [0.5, 0.6) is 23.0 Å². The summed E-state index contributed by atoms with van der Waals surface area (Å²) in [4.78, 5) is 24.7. The molecule has 0 fully saturated rings. The fourth-order valence-electron chi connectivity index (χ4n) is 3.22. The summed E-state index contributed by atoms with van der Waals surface area (Å²) >= 11 is 0. The molecule has 0 unspecified atom stereocenters. The number of nitrogens with zero attached hydrogens (tertiary/aromatic N) is 1. The molecule has 0 saturated heterocycles. The van der Waals surface area contributed by atoms with Crippen molar-refractivity contribution in [2.75, 3.05) is 20.8 Å². The van der Waals surface area contributed by atoms with Crippen LogP contribution in [0.25, 0.3) is 0 Å². The lowest BCUT2D eigenvalue weighted by molar-refractivity contribution is -0.121. The maximum atomic E-state index is 12.7. The van der Waals surface area contributed by atoms with Gasteiger partial charge in [0.25, 0.3) is 0 Å². The number of ether oxygens (including phenoxy) is 4. The van der Waals surface area contributed by atoms with Crippen molar-refractivity contribution < 1.29 is 28.5 Å². The van der Waals surface area contributed by atoms with Gasteiger partial charge in [-0.2, -0.15) is 5.10 Å². The van der Waals surface area contributed by atoms with Crippen LogP contribution in [0.3, 0.4) is 0 Å². The molecule has 0 saturated carbocycles. The Balaban J connectivity index is 1.63. The molecule has 0 aromatic heterocycles. The average Bonchev–Trinajstić information content (AvgIpc) is 2.89. The predicted octanol–water partition coefficient (Wildman–Crippen LogP) is 4.40. The minimum Gasteiger partial charge on any atom is -0.493 e. The fraction of sp³-hybridized carbons (Fsp3) is 0.222. The van der Waals surface area contributed by atoms with Gasteiger partial charge in [-0.05, 0) is 60.9 Å². The highest BCUT2D eigenvalue weighted by atomic mass is 16.6. The number of carbonyl (C=O) groups is 2. The number of rotatable bonds is 11. The second-order valence-corrected chi connectivity index (χ2v) is 7.38. The van der Waals surface area contributed by atoms with Gasteiger partial charge >= 0.3 is 5.97 Å². The Morgan fingerprint density at radius 1 is 0.886 bits per heavy atom. The quantitative estimate of drug-likeness (QED) is 0.191. The third kappa shape index (κ3) is 7.33. The molecule has 0 aliphatic heterocycles. The van der Waals surface area contributed by atoms with E-state index < -0.39 is 5.97 Å². The van der Waals surface area contributed by atoms with Crippen LogP contribution in [0.1, 0.15) is 34.8 Å². The smallest absolute Gasteiger partial charge is 0.343 e. The maximum Gasteiger partial charge on any atom is 0.343 e. The van der Waals surface area contributed by atoms with Crippen LogP contribution in [0.15, 0.2) is 71.8 Å². The van der Waals surface area contributed by atoms with Crippen molar-refractivity contribution in [1.82, 2.24) is 5.43 Å². The molecule has 3 rings (SSSR count). The van der Waals surface area contributed by atoms with Crippen molar-refractivity contribution in [3.05, 3.63) is 83.4 Å². The largest absolute Gasteiger partial charge is 0.493 e. The third-order valence-electron chi connectivity index (χ3n) is 4.98. The monoisotopic (exact) mass is 476 g/mol. The van der Waals surface area contributed by atoms with Crippen LogP contribution in [0.4, 0.5) is 0 Å². The zero-order valence-electron chi connectivity index (χ0n) is 19.9. The molecule has 3 aromatic carbocycles. The van der Waals surface area contributed by atoms with Crippen molar-refractivity contribution in [2.24, 2.45) is 5.10 Å². The van der Waals surface area contributed by atoms with Crippen molar-refractivity contribution in [3.8, 4) is 23.0 Å². The molecule has 8 heteroatoms. The third-order valence-corrected chi connectivity index (χ3v) is 4.98. The van der Waals surface area contributed by atoms with E-state index in [0.29, 0.717) is 47.8 Å². The summed E-state index contributed by atoms with van der Waals surface area (Å²) in [6.45, 7) is 2.20. The van der Waals surface area contributed by atoms with E-state index in [0.717, 1.165) is 5.56 Å². The molecule has 0 bridgehead atoms. The normalized spacial score (nSPS) is 10.6. The number of methoxy groups -OCH3 is 2. The van der Waals surface area contributed by atoms with E-state index in [2.05, 4.69) is 10.5 Å². The lowest BCUT2D eigenvalue weighted by Gasteiger charge is -2.12. The van der Waals surface area contributed by atoms with E-state index in [1.54, 1.807) is 36.4 Å². The highest BCUT2D eigenvalue weighted by Gasteiger charge is 2.16. The van der Waals surface area contributed by atoms with E-state index in [1.165, 1.54) is 20.4 Å². The number of hydrazone groups is 1. The Bertz CT molecular complexity index is 1180. The number of carbonyl (C=O) groups excluding carboxylic acids is 2. The van der Waals surface area contributed by atoms with E-state index in [-0.39, 0.29) is 11.7 Å². The lowest BCUT2D eigenvalue weighted by atomic mass is 10.1.